The van der Waals surface area contributed by atoms with E-state index in [1.54, 1.807) is 31.3 Å². The predicted molar refractivity (Wildman–Crippen MR) is 79.9 cm³/mol. The summed E-state index contributed by atoms with van der Waals surface area (Å²) in [6.07, 6.45) is 0. The monoisotopic (exact) mass is 268 g/mol. The van der Waals surface area contributed by atoms with Crippen LogP contribution < -0.4 is 10.2 Å². The Balaban J connectivity index is 2.26. The molecule has 102 valence electrons. The van der Waals surface area contributed by atoms with E-state index >= 15 is 0 Å². The number of benzene rings is 2. The van der Waals surface area contributed by atoms with Crippen molar-refractivity contribution in [1.82, 2.24) is 0 Å². The summed E-state index contributed by atoms with van der Waals surface area (Å²) >= 11 is 0. The van der Waals surface area contributed by atoms with Gasteiger partial charge in [0.05, 0.1) is 11.4 Å². The number of nitrogens with one attached hydrogen (secondary N) is 1. The van der Waals surface area contributed by atoms with E-state index in [4.69, 9.17) is 0 Å². The smallest absolute Gasteiger partial charge is 0.255 e. The van der Waals surface area contributed by atoms with Crippen LogP contribution in [-0.2, 0) is 4.79 Å². The first-order chi connectivity index (χ1) is 9.59. The number of hydrogen-bond donors (Lipinski definition) is 1. The highest BCUT2D eigenvalue weighted by Gasteiger charge is 2.13. The Bertz CT molecular complexity index is 623. The highest BCUT2D eigenvalue weighted by atomic mass is 16.2. The summed E-state index contributed by atoms with van der Waals surface area (Å²) in [5.74, 6) is -0.290. The number of hydrogen-bond acceptors (Lipinski definition) is 2. The van der Waals surface area contributed by atoms with Gasteiger partial charge in [-0.05, 0) is 24.3 Å². The minimum absolute atomic E-state index is 0.0913. The molecule has 0 bridgehead atoms. The molecule has 0 fully saturated rings. The molecule has 0 aliphatic heterocycles. The third-order valence-corrected chi connectivity index (χ3v) is 3.02. The summed E-state index contributed by atoms with van der Waals surface area (Å²) < 4.78 is 0. The lowest BCUT2D eigenvalue weighted by atomic mass is 10.2. The Hall–Kier alpha value is -2.62. The molecule has 0 aliphatic rings. The second kappa shape index (κ2) is 6.02. The quantitative estimate of drug-likeness (QED) is 0.930. The number of carbonyl (C=O) groups excluding carboxylic acids is 2. The first-order valence-electron chi connectivity index (χ1n) is 6.29. The van der Waals surface area contributed by atoms with Crippen molar-refractivity contribution in [1.29, 1.82) is 0 Å². The number of amides is 2. The van der Waals surface area contributed by atoms with Gasteiger partial charge in [-0.2, -0.15) is 0 Å². The number of nitrogens with zero attached hydrogens (tertiary/aromatic N) is 1. The summed E-state index contributed by atoms with van der Waals surface area (Å²) in [7, 11) is 1.68. The van der Waals surface area contributed by atoms with Crippen molar-refractivity contribution in [2.45, 2.75) is 6.92 Å². The van der Waals surface area contributed by atoms with Crippen molar-refractivity contribution in [3.8, 4) is 0 Å². The molecule has 0 unspecified atom stereocenters. The van der Waals surface area contributed by atoms with Crippen molar-refractivity contribution in [2.24, 2.45) is 0 Å². The zero-order chi connectivity index (χ0) is 14.5. The van der Waals surface area contributed by atoms with Gasteiger partial charge in [-0.15, -0.1) is 0 Å². The van der Waals surface area contributed by atoms with Gasteiger partial charge in [0.25, 0.3) is 5.91 Å². The van der Waals surface area contributed by atoms with Gasteiger partial charge in [-0.1, -0.05) is 30.3 Å². The van der Waals surface area contributed by atoms with E-state index in [-0.39, 0.29) is 11.8 Å². The van der Waals surface area contributed by atoms with Crippen molar-refractivity contribution in [2.75, 3.05) is 17.3 Å². The maximum atomic E-state index is 12.1. The van der Waals surface area contributed by atoms with Crippen LogP contribution >= 0.6 is 0 Å². The number of carbonyl (C=O) groups is 2. The summed E-state index contributed by atoms with van der Waals surface area (Å²) in [6, 6.07) is 16.2. The van der Waals surface area contributed by atoms with Crippen LogP contribution in [0.3, 0.4) is 0 Å². The van der Waals surface area contributed by atoms with Crippen molar-refractivity contribution >= 4 is 23.2 Å². The first-order valence-corrected chi connectivity index (χ1v) is 6.29. The largest absolute Gasteiger partial charge is 0.320 e. The van der Waals surface area contributed by atoms with E-state index in [2.05, 4.69) is 5.32 Å². The SMILES string of the molecule is CC(=O)N(C)c1ccccc1NC(=O)c1ccccc1. The lowest BCUT2D eigenvalue weighted by Crippen LogP contribution is -2.24. The lowest BCUT2D eigenvalue weighted by molar-refractivity contribution is -0.116. The molecule has 2 rings (SSSR count). The maximum Gasteiger partial charge on any atom is 0.255 e. The minimum Gasteiger partial charge on any atom is -0.320 e. The van der Waals surface area contributed by atoms with Gasteiger partial charge in [-0.3, -0.25) is 9.59 Å². The van der Waals surface area contributed by atoms with Crippen LogP contribution in [0, 0.1) is 0 Å². The zero-order valence-electron chi connectivity index (χ0n) is 11.5. The predicted octanol–water partition coefficient (Wildman–Crippen LogP) is 2.92. The molecule has 2 aromatic carbocycles. The Morgan fingerprint density at radius 3 is 2.20 bits per heavy atom. The van der Waals surface area contributed by atoms with E-state index < -0.39 is 0 Å². The molecule has 0 spiro atoms. The van der Waals surface area contributed by atoms with Crippen molar-refractivity contribution in [3.05, 3.63) is 60.2 Å². The molecule has 2 aromatic rings. The number of para-hydroxylation sites is 2. The fourth-order valence-electron chi connectivity index (χ4n) is 1.83. The Kier molecular flexibility index (Phi) is 4.15. The minimum atomic E-state index is -0.199. The van der Waals surface area contributed by atoms with E-state index in [9.17, 15) is 9.59 Å². The van der Waals surface area contributed by atoms with Crippen LogP contribution in [0.5, 0.6) is 0 Å². The molecule has 4 heteroatoms. The van der Waals surface area contributed by atoms with E-state index in [1.165, 1.54) is 11.8 Å². The molecule has 4 nitrogen and oxygen atoms in total. The van der Waals surface area contributed by atoms with Crippen molar-refractivity contribution < 1.29 is 9.59 Å². The van der Waals surface area contributed by atoms with Gasteiger partial charge in [0.15, 0.2) is 0 Å². The van der Waals surface area contributed by atoms with E-state index in [1.807, 2.05) is 30.3 Å². The van der Waals surface area contributed by atoms with Crippen LogP contribution in [0.15, 0.2) is 54.6 Å². The first kappa shape index (κ1) is 13.8. The topological polar surface area (TPSA) is 49.4 Å². The third kappa shape index (κ3) is 3.03. The van der Waals surface area contributed by atoms with Gasteiger partial charge < -0.3 is 10.2 Å². The standard InChI is InChI=1S/C16H16N2O2/c1-12(19)18(2)15-11-7-6-10-14(15)17-16(20)13-8-4-3-5-9-13/h3-11H,1-2H3,(H,17,20). The van der Waals surface area contributed by atoms with Crippen LogP contribution in [0.2, 0.25) is 0 Å². The Morgan fingerprint density at radius 1 is 0.950 bits per heavy atom. The maximum absolute atomic E-state index is 12.1. The van der Waals surface area contributed by atoms with Crippen LogP contribution in [0.4, 0.5) is 11.4 Å². The zero-order valence-corrected chi connectivity index (χ0v) is 11.5. The van der Waals surface area contributed by atoms with Gasteiger partial charge in [0.1, 0.15) is 0 Å². The third-order valence-electron chi connectivity index (χ3n) is 3.02. The summed E-state index contributed by atoms with van der Waals surface area (Å²) in [4.78, 5) is 25.1. The molecule has 0 atom stereocenters. The lowest BCUT2D eigenvalue weighted by Gasteiger charge is -2.19. The highest BCUT2D eigenvalue weighted by Crippen LogP contribution is 2.25. The average Bonchev–Trinajstić information content (AvgIpc) is 2.48. The number of anilines is 2. The molecule has 0 aromatic heterocycles. The second-order valence-corrected chi connectivity index (χ2v) is 4.42. The molecule has 0 saturated heterocycles. The van der Waals surface area contributed by atoms with Gasteiger partial charge >= 0.3 is 0 Å². The average molecular weight is 268 g/mol. The highest BCUT2D eigenvalue weighted by molar-refractivity contribution is 6.07. The molecule has 0 radical (unpaired) electrons. The molecule has 20 heavy (non-hydrogen) atoms. The van der Waals surface area contributed by atoms with Gasteiger partial charge in [-0.25, -0.2) is 0 Å². The molecule has 0 heterocycles. The van der Waals surface area contributed by atoms with E-state index in [0.717, 1.165) is 0 Å². The molecule has 0 saturated carbocycles. The van der Waals surface area contributed by atoms with Crippen LogP contribution in [-0.4, -0.2) is 18.9 Å². The Labute approximate surface area is 118 Å². The van der Waals surface area contributed by atoms with Gasteiger partial charge in [0, 0.05) is 19.5 Å². The summed E-state index contributed by atoms with van der Waals surface area (Å²) in [6.45, 7) is 1.48. The molecular formula is C16H16N2O2. The fraction of sp³-hybridized carbons (Fsp3) is 0.125. The summed E-state index contributed by atoms with van der Waals surface area (Å²) in [5.41, 5.74) is 1.86. The number of rotatable bonds is 3. The molecule has 0 aliphatic carbocycles. The summed E-state index contributed by atoms with van der Waals surface area (Å²) in [5, 5.41) is 2.83. The normalized spacial score (nSPS) is 9.90. The van der Waals surface area contributed by atoms with E-state index in [0.29, 0.717) is 16.9 Å². The molecule has 2 amide bonds. The van der Waals surface area contributed by atoms with Gasteiger partial charge in [0.2, 0.25) is 5.91 Å². The van der Waals surface area contributed by atoms with Crippen LogP contribution in [0.25, 0.3) is 0 Å². The van der Waals surface area contributed by atoms with Crippen LogP contribution in [0.1, 0.15) is 17.3 Å². The molecular weight excluding hydrogens is 252 g/mol. The molecule has 1 N–H and O–H groups in total. The Morgan fingerprint density at radius 2 is 1.55 bits per heavy atom. The van der Waals surface area contributed by atoms with Crippen molar-refractivity contribution in [3.63, 3.8) is 0 Å². The second-order valence-electron chi connectivity index (χ2n) is 4.42. The fourth-order valence-corrected chi connectivity index (χ4v) is 1.83.